The minimum Gasteiger partial charge on any atom is -0.303 e. The van der Waals surface area contributed by atoms with E-state index in [0.29, 0.717) is 6.54 Å². The second-order valence-corrected chi connectivity index (χ2v) is 6.36. The molecule has 4 rings (SSSR count). The van der Waals surface area contributed by atoms with Gasteiger partial charge < -0.3 is 5.32 Å². The third kappa shape index (κ3) is 2.83. The number of hydrogen-bond acceptors (Lipinski definition) is 3. The highest BCUT2D eigenvalue weighted by Crippen LogP contribution is 2.48. The van der Waals surface area contributed by atoms with Crippen molar-refractivity contribution in [2.45, 2.75) is 24.3 Å². The van der Waals surface area contributed by atoms with Crippen molar-refractivity contribution in [1.29, 1.82) is 0 Å². The Hall–Kier alpha value is -2.53. The van der Waals surface area contributed by atoms with E-state index >= 15 is 0 Å². The van der Waals surface area contributed by atoms with Gasteiger partial charge >= 0.3 is 0 Å². The zero-order valence-electron chi connectivity index (χ0n) is 13.2. The van der Waals surface area contributed by atoms with Crippen LogP contribution in [0.3, 0.4) is 0 Å². The van der Waals surface area contributed by atoms with Crippen LogP contribution in [0.1, 0.15) is 35.8 Å². The molecule has 1 aliphatic carbocycles. The Bertz CT molecular complexity index is 797. The first kappa shape index (κ1) is 15.0. The van der Waals surface area contributed by atoms with Crippen molar-refractivity contribution < 1.29 is 4.39 Å². The maximum Gasteiger partial charge on any atom is 0.145 e. The Morgan fingerprint density at radius 3 is 2.50 bits per heavy atom. The predicted molar refractivity (Wildman–Crippen MR) is 90.0 cm³/mol. The van der Waals surface area contributed by atoms with Gasteiger partial charge in [0.05, 0.1) is 6.04 Å². The molecule has 0 bridgehead atoms. The van der Waals surface area contributed by atoms with Crippen molar-refractivity contribution in [3.05, 3.63) is 83.7 Å². The van der Waals surface area contributed by atoms with Crippen LogP contribution in [0.15, 0.2) is 60.9 Å². The molecule has 5 heteroatoms. The number of rotatable bonds is 6. The molecule has 0 spiro atoms. The summed E-state index contributed by atoms with van der Waals surface area (Å²) < 4.78 is 14.2. The lowest BCUT2D eigenvalue weighted by Crippen LogP contribution is -2.32. The van der Waals surface area contributed by atoms with Gasteiger partial charge in [0, 0.05) is 12.0 Å². The molecule has 0 amide bonds. The maximum absolute atomic E-state index is 14.2. The van der Waals surface area contributed by atoms with Gasteiger partial charge in [-0.05, 0) is 30.0 Å². The number of aromatic nitrogens is 3. The molecule has 1 heterocycles. The standard InChI is InChI=1S/C19H19FN4/c20-16-9-5-4-8-15(16)19(10-11-19)12-21-17(18-22-13-23-24-18)14-6-2-1-3-7-14/h1-9,13,17,21H,10-12H2,(H,22,23,24). The Balaban J connectivity index is 1.57. The molecule has 2 aromatic carbocycles. The van der Waals surface area contributed by atoms with Crippen LogP contribution in [0.4, 0.5) is 4.39 Å². The van der Waals surface area contributed by atoms with Gasteiger partial charge in [0.1, 0.15) is 18.0 Å². The van der Waals surface area contributed by atoms with Crippen molar-refractivity contribution >= 4 is 0 Å². The van der Waals surface area contributed by atoms with Crippen LogP contribution in [-0.2, 0) is 5.41 Å². The fraction of sp³-hybridized carbons (Fsp3) is 0.263. The zero-order chi connectivity index (χ0) is 16.4. The number of aromatic amines is 1. The Labute approximate surface area is 140 Å². The molecule has 1 aromatic heterocycles. The lowest BCUT2D eigenvalue weighted by atomic mass is 9.94. The SMILES string of the molecule is Fc1ccccc1C1(CNC(c2ccccc2)c2ncn[nH]2)CC1. The molecule has 0 aliphatic heterocycles. The van der Waals surface area contributed by atoms with E-state index in [1.165, 1.54) is 6.33 Å². The van der Waals surface area contributed by atoms with E-state index in [1.807, 2.05) is 30.3 Å². The highest BCUT2D eigenvalue weighted by Gasteiger charge is 2.46. The second kappa shape index (κ2) is 6.17. The Morgan fingerprint density at radius 2 is 1.83 bits per heavy atom. The normalized spacial score (nSPS) is 16.7. The van der Waals surface area contributed by atoms with E-state index in [2.05, 4.69) is 32.6 Å². The summed E-state index contributed by atoms with van der Waals surface area (Å²) in [5, 5.41) is 10.5. The van der Waals surface area contributed by atoms with Crippen LogP contribution >= 0.6 is 0 Å². The average Bonchev–Trinajstić information content (AvgIpc) is 3.20. The molecule has 1 unspecified atom stereocenters. The highest BCUT2D eigenvalue weighted by molar-refractivity contribution is 5.34. The number of hydrogen-bond donors (Lipinski definition) is 2. The fourth-order valence-corrected chi connectivity index (χ4v) is 3.25. The smallest absolute Gasteiger partial charge is 0.145 e. The monoisotopic (exact) mass is 322 g/mol. The van der Waals surface area contributed by atoms with E-state index in [1.54, 1.807) is 12.1 Å². The average molecular weight is 322 g/mol. The fourth-order valence-electron chi connectivity index (χ4n) is 3.25. The van der Waals surface area contributed by atoms with Crippen molar-refractivity contribution in [1.82, 2.24) is 20.5 Å². The van der Waals surface area contributed by atoms with E-state index in [-0.39, 0.29) is 17.3 Å². The van der Waals surface area contributed by atoms with Crippen LogP contribution < -0.4 is 5.32 Å². The molecule has 1 fully saturated rings. The van der Waals surface area contributed by atoms with Crippen LogP contribution in [0, 0.1) is 5.82 Å². The largest absolute Gasteiger partial charge is 0.303 e. The lowest BCUT2D eigenvalue weighted by Gasteiger charge is -2.22. The van der Waals surface area contributed by atoms with Gasteiger partial charge in [-0.15, -0.1) is 0 Å². The Morgan fingerprint density at radius 1 is 1.08 bits per heavy atom. The third-order valence-electron chi connectivity index (χ3n) is 4.78. The summed E-state index contributed by atoms with van der Waals surface area (Å²) in [7, 11) is 0. The van der Waals surface area contributed by atoms with Crippen LogP contribution in [0.5, 0.6) is 0 Å². The third-order valence-corrected chi connectivity index (χ3v) is 4.78. The van der Waals surface area contributed by atoms with Gasteiger partial charge in [-0.3, -0.25) is 5.10 Å². The number of nitrogens with zero attached hydrogens (tertiary/aromatic N) is 2. The highest BCUT2D eigenvalue weighted by atomic mass is 19.1. The summed E-state index contributed by atoms with van der Waals surface area (Å²) in [6.07, 6.45) is 3.51. The van der Waals surface area contributed by atoms with Gasteiger partial charge in [0.15, 0.2) is 0 Å². The van der Waals surface area contributed by atoms with Crippen molar-refractivity contribution in [3.8, 4) is 0 Å². The molecule has 3 aromatic rings. The van der Waals surface area contributed by atoms with Gasteiger partial charge in [-0.25, -0.2) is 9.37 Å². The lowest BCUT2D eigenvalue weighted by molar-refractivity contribution is 0.494. The van der Waals surface area contributed by atoms with E-state index < -0.39 is 0 Å². The summed E-state index contributed by atoms with van der Waals surface area (Å²) in [4.78, 5) is 4.30. The molecule has 1 saturated carbocycles. The van der Waals surface area contributed by atoms with E-state index in [0.717, 1.165) is 29.8 Å². The van der Waals surface area contributed by atoms with Crippen LogP contribution in [-0.4, -0.2) is 21.7 Å². The summed E-state index contributed by atoms with van der Waals surface area (Å²) in [5.41, 5.74) is 1.80. The quantitative estimate of drug-likeness (QED) is 0.732. The second-order valence-electron chi connectivity index (χ2n) is 6.36. The Kier molecular flexibility index (Phi) is 3.86. The molecular formula is C19H19FN4. The van der Waals surface area contributed by atoms with Gasteiger partial charge in [0.25, 0.3) is 0 Å². The maximum atomic E-state index is 14.2. The minimum absolute atomic E-state index is 0.0852. The molecule has 1 atom stereocenters. The molecule has 2 N–H and O–H groups in total. The summed E-state index contributed by atoms with van der Waals surface area (Å²) in [6.45, 7) is 0.703. The predicted octanol–water partition coefficient (Wildman–Crippen LogP) is 3.35. The number of halogens is 1. The van der Waals surface area contributed by atoms with Crippen LogP contribution in [0.25, 0.3) is 0 Å². The molecule has 4 nitrogen and oxygen atoms in total. The van der Waals surface area contributed by atoms with E-state index in [9.17, 15) is 4.39 Å². The zero-order valence-corrected chi connectivity index (χ0v) is 13.2. The molecule has 122 valence electrons. The topological polar surface area (TPSA) is 53.6 Å². The summed E-state index contributed by atoms with van der Waals surface area (Å²) >= 11 is 0. The summed E-state index contributed by atoms with van der Waals surface area (Å²) in [6, 6.07) is 17.1. The first-order valence-electron chi connectivity index (χ1n) is 8.17. The summed E-state index contributed by atoms with van der Waals surface area (Å²) in [5.74, 6) is 0.651. The molecular weight excluding hydrogens is 303 g/mol. The van der Waals surface area contributed by atoms with Crippen LogP contribution in [0.2, 0.25) is 0 Å². The minimum atomic E-state index is -0.118. The van der Waals surface area contributed by atoms with Crippen molar-refractivity contribution in [3.63, 3.8) is 0 Å². The first-order chi connectivity index (χ1) is 11.8. The number of H-pyrrole nitrogens is 1. The van der Waals surface area contributed by atoms with Crippen molar-refractivity contribution in [2.75, 3.05) is 6.54 Å². The molecule has 0 radical (unpaired) electrons. The molecule has 0 saturated heterocycles. The van der Waals surface area contributed by atoms with Gasteiger partial charge in [-0.2, -0.15) is 5.10 Å². The first-order valence-corrected chi connectivity index (χ1v) is 8.17. The van der Waals surface area contributed by atoms with Gasteiger partial charge in [-0.1, -0.05) is 48.5 Å². The molecule has 24 heavy (non-hydrogen) atoms. The van der Waals surface area contributed by atoms with Crippen molar-refractivity contribution in [2.24, 2.45) is 0 Å². The van der Waals surface area contributed by atoms with Gasteiger partial charge in [0.2, 0.25) is 0 Å². The number of benzene rings is 2. The van der Waals surface area contributed by atoms with E-state index in [4.69, 9.17) is 0 Å². The molecule has 1 aliphatic rings. The number of nitrogens with one attached hydrogen (secondary N) is 2.